The molecule has 3 fully saturated rings. The highest BCUT2D eigenvalue weighted by Crippen LogP contribution is 2.43. The standard InChI is InChI=1S/C25H29ClF3N3O6/c26-17-7-2-1-5-16(17)21(34)24(37)32-11-14-4-3-6-15(14)20(32)23(36)31-18(10-13-8-9-30-22(13)35)19(33)12-38-25(27,28)29/h1-2,5,7,13-15,18,20-21,34H,3-4,6,8-12H2,(H,30,35)(H,31,36). The molecule has 13 heteroatoms. The summed E-state index contributed by atoms with van der Waals surface area (Å²) in [6.45, 7) is -0.761. The van der Waals surface area contributed by atoms with Crippen LogP contribution in [0.3, 0.4) is 0 Å². The van der Waals surface area contributed by atoms with Crippen molar-refractivity contribution in [2.24, 2.45) is 17.8 Å². The topological polar surface area (TPSA) is 125 Å². The van der Waals surface area contributed by atoms with Crippen molar-refractivity contribution in [3.8, 4) is 0 Å². The van der Waals surface area contributed by atoms with Gasteiger partial charge in [-0.05, 0) is 43.6 Å². The molecule has 4 rings (SSSR count). The molecule has 38 heavy (non-hydrogen) atoms. The van der Waals surface area contributed by atoms with Gasteiger partial charge in [0.2, 0.25) is 11.8 Å². The van der Waals surface area contributed by atoms with E-state index in [0.717, 1.165) is 12.8 Å². The zero-order chi connectivity index (χ0) is 27.6. The first-order valence-corrected chi connectivity index (χ1v) is 12.9. The summed E-state index contributed by atoms with van der Waals surface area (Å²) >= 11 is 6.15. The second kappa shape index (κ2) is 11.6. The molecule has 0 spiro atoms. The van der Waals surface area contributed by atoms with Gasteiger partial charge < -0.3 is 20.6 Å². The van der Waals surface area contributed by atoms with Crippen molar-refractivity contribution in [3.63, 3.8) is 0 Å². The monoisotopic (exact) mass is 559 g/mol. The number of carbonyl (C=O) groups is 4. The third kappa shape index (κ3) is 6.29. The number of nitrogens with zero attached hydrogens (tertiary/aromatic N) is 1. The van der Waals surface area contributed by atoms with Crippen LogP contribution in [0.2, 0.25) is 5.02 Å². The van der Waals surface area contributed by atoms with Crippen LogP contribution < -0.4 is 10.6 Å². The van der Waals surface area contributed by atoms with Gasteiger partial charge in [0.15, 0.2) is 11.9 Å². The van der Waals surface area contributed by atoms with Crippen LogP contribution in [0, 0.1) is 17.8 Å². The number of aliphatic hydroxyl groups is 1. The second-order valence-electron chi connectivity index (χ2n) is 9.99. The molecule has 6 unspecified atom stereocenters. The number of amides is 3. The maximum atomic E-state index is 13.6. The maximum absolute atomic E-state index is 13.6. The summed E-state index contributed by atoms with van der Waals surface area (Å²) in [5.41, 5.74) is 0.181. The molecule has 0 aromatic heterocycles. The number of aliphatic hydroxyl groups excluding tert-OH is 1. The SMILES string of the molecule is O=C1NCCC1CC(NC(=O)C1C2CCCC2CN1C(=O)C(O)c1ccccc1Cl)C(=O)COC(F)(F)F. The van der Waals surface area contributed by atoms with E-state index in [1.165, 1.54) is 17.0 Å². The van der Waals surface area contributed by atoms with Gasteiger partial charge in [0.25, 0.3) is 5.91 Å². The number of fused-ring (bicyclic) bond motifs is 1. The van der Waals surface area contributed by atoms with Crippen molar-refractivity contribution in [1.29, 1.82) is 0 Å². The summed E-state index contributed by atoms with van der Waals surface area (Å²) in [6, 6.07) is 3.81. The molecule has 3 amide bonds. The molecule has 2 saturated heterocycles. The fraction of sp³-hybridized carbons (Fsp3) is 0.600. The van der Waals surface area contributed by atoms with Crippen molar-refractivity contribution in [1.82, 2.24) is 15.5 Å². The lowest BCUT2D eigenvalue weighted by Gasteiger charge is -2.31. The molecular weight excluding hydrogens is 531 g/mol. The van der Waals surface area contributed by atoms with Crippen molar-refractivity contribution < 1.29 is 42.2 Å². The van der Waals surface area contributed by atoms with Gasteiger partial charge in [0.05, 0.1) is 6.04 Å². The van der Waals surface area contributed by atoms with Gasteiger partial charge in [0, 0.05) is 29.6 Å². The third-order valence-electron chi connectivity index (χ3n) is 7.64. The largest absolute Gasteiger partial charge is 0.522 e. The van der Waals surface area contributed by atoms with E-state index in [-0.39, 0.29) is 41.3 Å². The van der Waals surface area contributed by atoms with Gasteiger partial charge in [-0.25, -0.2) is 0 Å². The molecule has 9 nitrogen and oxygen atoms in total. The van der Waals surface area contributed by atoms with E-state index in [1.54, 1.807) is 12.1 Å². The molecule has 1 aromatic rings. The number of hydrogen-bond donors (Lipinski definition) is 3. The van der Waals surface area contributed by atoms with Gasteiger partial charge >= 0.3 is 6.36 Å². The van der Waals surface area contributed by atoms with Gasteiger partial charge in [-0.2, -0.15) is 0 Å². The average Bonchev–Trinajstić information content (AvgIpc) is 3.57. The summed E-state index contributed by atoms with van der Waals surface area (Å²) in [7, 11) is 0. The van der Waals surface area contributed by atoms with E-state index < -0.39 is 54.7 Å². The summed E-state index contributed by atoms with van der Waals surface area (Å²) < 4.78 is 41.4. The first kappa shape index (κ1) is 28.3. The molecular formula is C25H29ClF3N3O6. The summed E-state index contributed by atoms with van der Waals surface area (Å²) in [5.74, 6) is -3.76. The number of carbonyl (C=O) groups excluding carboxylic acids is 4. The minimum absolute atomic E-state index is 0.00327. The number of ketones is 1. The summed E-state index contributed by atoms with van der Waals surface area (Å²) in [5, 5.41) is 16.1. The second-order valence-corrected chi connectivity index (χ2v) is 10.4. The molecule has 3 aliphatic rings. The van der Waals surface area contributed by atoms with Crippen LogP contribution in [0.5, 0.6) is 0 Å². The number of nitrogens with one attached hydrogen (secondary N) is 2. The minimum Gasteiger partial charge on any atom is -0.378 e. The van der Waals surface area contributed by atoms with Gasteiger partial charge in [0.1, 0.15) is 12.6 Å². The number of ether oxygens (including phenoxy) is 1. The molecule has 1 aliphatic carbocycles. The smallest absolute Gasteiger partial charge is 0.378 e. The van der Waals surface area contributed by atoms with Crippen molar-refractivity contribution in [3.05, 3.63) is 34.9 Å². The Kier molecular flexibility index (Phi) is 8.63. The van der Waals surface area contributed by atoms with E-state index >= 15 is 0 Å². The molecule has 3 N–H and O–H groups in total. The fourth-order valence-corrected chi connectivity index (χ4v) is 6.03. The van der Waals surface area contributed by atoms with E-state index in [0.29, 0.717) is 19.4 Å². The number of halogens is 4. The van der Waals surface area contributed by atoms with Crippen molar-refractivity contribution >= 4 is 35.1 Å². The predicted octanol–water partition coefficient (Wildman–Crippen LogP) is 2.12. The molecule has 208 valence electrons. The Balaban J connectivity index is 1.54. The fourth-order valence-electron chi connectivity index (χ4n) is 5.79. The Bertz CT molecular complexity index is 1090. The van der Waals surface area contributed by atoms with Crippen LogP contribution in [0.15, 0.2) is 24.3 Å². The van der Waals surface area contributed by atoms with Crippen LogP contribution in [0.4, 0.5) is 13.2 Å². The van der Waals surface area contributed by atoms with Gasteiger partial charge in [-0.15, -0.1) is 13.2 Å². The highest BCUT2D eigenvalue weighted by molar-refractivity contribution is 6.31. The third-order valence-corrected chi connectivity index (χ3v) is 7.99. The molecule has 2 heterocycles. The van der Waals surface area contributed by atoms with Crippen molar-refractivity contribution in [2.75, 3.05) is 19.7 Å². The Morgan fingerprint density at radius 1 is 1.21 bits per heavy atom. The zero-order valence-corrected chi connectivity index (χ0v) is 21.1. The van der Waals surface area contributed by atoms with Crippen LogP contribution in [0.25, 0.3) is 0 Å². The highest BCUT2D eigenvalue weighted by atomic mass is 35.5. The number of likely N-dealkylation sites (tertiary alicyclic amines) is 1. The Morgan fingerprint density at radius 3 is 2.61 bits per heavy atom. The normalized spacial score (nSPS) is 26.6. The lowest BCUT2D eigenvalue weighted by molar-refractivity contribution is -0.321. The Labute approximate surface area is 222 Å². The number of hydrogen-bond acceptors (Lipinski definition) is 6. The van der Waals surface area contributed by atoms with Crippen LogP contribution in [-0.4, -0.2) is 71.7 Å². The van der Waals surface area contributed by atoms with Gasteiger partial charge in [-0.3, -0.25) is 23.9 Å². The van der Waals surface area contributed by atoms with Crippen LogP contribution >= 0.6 is 11.6 Å². The lowest BCUT2D eigenvalue weighted by Crippen LogP contribution is -2.54. The quantitative estimate of drug-likeness (QED) is 0.426. The van der Waals surface area contributed by atoms with Crippen molar-refractivity contribution in [2.45, 2.75) is 56.7 Å². The van der Waals surface area contributed by atoms with E-state index in [2.05, 4.69) is 15.4 Å². The van der Waals surface area contributed by atoms with Crippen LogP contribution in [-0.2, 0) is 23.9 Å². The zero-order valence-electron chi connectivity index (χ0n) is 20.4. The number of rotatable bonds is 9. The van der Waals surface area contributed by atoms with E-state index in [4.69, 9.17) is 11.6 Å². The molecule has 0 bridgehead atoms. The lowest BCUT2D eigenvalue weighted by atomic mass is 9.92. The average molecular weight is 560 g/mol. The minimum atomic E-state index is -5.05. The van der Waals surface area contributed by atoms with E-state index in [9.17, 15) is 37.5 Å². The Hall–Kier alpha value is -2.70. The molecule has 1 aromatic carbocycles. The molecule has 2 aliphatic heterocycles. The first-order chi connectivity index (χ1) is 18.0. The van der Waals surface area contributed by atoms with E-state index in [1.807, 2.05) is 0 Å². The molecule has 6 atom stereocenters. The maximum Gasteiger partial charge on any atom is 0.522 e. The summed E-state index contributed by atoms with van der Waals surface area (Å²) in [4.78, 5) is 53.0. The van der Waals surface area contributed by atoms with Crippen LogP contribution in [0.1, 0.15) is 43.8 Å². The number of Topliss-reactive ketones (excluding diaryl/α,β-unsaturated/α-hetero) is 1. The highest BCUT2D eigenvalue weighted by Gasteiger charge is 2.51. The first-order valence-electron chi connectivity index (χ1n) is 12.5. The van der Waals surface area contributed by atoms with Gasteiger partial charge in [-0.1, -0.05) is 36.2 Å². The molecule has 1 saturated carbocycles. The Morgan fingerprint density at radius 2 is 1.95 bits per heavy atom. The predicted molar refractivity (Wildman–Crippen MR) is 127 cm³/mol. The summed E-state index contributed by atoms with van der Waals surface area (Å²) in [6.07, 6.45) is -4.28. The number of benzene rings is 1. The number of alkyl halides is 3. The molecule has 0 radical (unpaired) electrons.